The van der Waals surface area contributed by atoms with Crippen molar-refractivity contribution >= 4 is 11.3 Å². The Hall–Kier alpha value is -3.23. The fourth-order valence-corrected chi connectivity index (χ4v) is 4.49. The van der Waals surface area contributed by atoms with Gasteiger partial charge in [-0.1, -0.05) is 6.07 Å². The van der Waals surface area contributed by atoms with Crippen molar-refractivity contribution in [3.8, 4) is 27.7 Å². The molecule has 1 aliphatic rings. The number of aromatic nitrogens is 4. The average molecular weight is 420 g/mol. The van der Waals surface area contributed by atoms with E-state index in [1.807, 2.05) is 48.0 Å². The number of thiophene rings is 1. The summed E-state index contributed by atoms with van der Waals surface area (Å²) in [6.45, 7) is 2.14. The maximum Gasteiger partial charge on any atom is 0.255 e. The normalized spacial score (nSPS) is 13.9. The van der Waals surface area contributed by atoms with Crippen LogP contribution in [-0.2, 0) is 19.5 Å². The van der Waals surface area contributed by atoms with Crippen LogP contribution in [0.4, 0.5) is 0 Å². The van der Waals surface area contributed by atoms with E-state index in [-0.39, 0.29) is 5.56 Å². The molecule has 0 fully saturated rings. The number of ether oxygens (including phenoxy) is 1. The molecular formula is C22H21N5O2S. The van der Waals surface area contributed by atoms with Crippen molar-refractivity contribution in [2.45, 2.75) is 19.5 Å². The summed E-state index contributed by atoms with van der Waals surface area (Å²) >= 11 is 1.58. The van der Waals surface area contributed by atoms with Crippen molar-refractivity contribution in [2.24, 2.45) is 0 Å². The van der Waals surface area contributed by atoms with Gasteiger partial charge in [0.1, 0.15) is 5.75 Å². The quantitative estimate of drug-likeness (QED) is 0.517. The highest BCUT2D eigenvalue weighted by atomic mass is 32.1. The van der Waals surface area contributed by atoms with E-state index in [1.54, 1.807) is 18.4 Å². The van der Waals surface area contributed by atoms with Gasteiger partial charge in [-0.2, -0.15) is 5.10 Å². The molecule has 4 aromatic rings. The monoisotopic (exact) mass is 419 g/mol. The lowest BCUT2D eigenvalue weighted by Gasteiger charge is -2.27. The first-order chi connectivity index (χ1) is 14.7. The molecular weight excluding hydrogens is 398 g/mol. The molecule has 1 aromatic carbocycles. The van der Waals surface area contributed by atoms with Crippen molar-refractivity contribution in [3.05, 3.63) is 75.1 Å². The van der Waals surface area contributed by atoms with Gasteiger partial charge < -0.3 is 9.72 Å². The van der Waals surface area contributed by atoms with Crippen LogP contribution in [0.3, 0.4) is 0 Å². The topological polar surface area (TPSA) is 86.9 Å². The van der Waals surface area contributed by atoms with Gasteiger partial charge in [0, 0.05) is 37.2 Å². The largest absolute Gasteiger partial charge is 0.497 e. The van der Waals surface area contributed by atoms with Crippen molar-refractivity contribution in [1.29, 1.82) is 0 Å². The van der Waals surface area contributed by atoms with Gasteiger partial charge in [-0.25, -0.2) is 4.98 Å². The Balaban J connectivity index is 1.36. The number of rotatable bonds is 5. The van der Waals surface area contributed by atoms with Crippen LogP contribution in [0.1, 0.15) is 16.8 Å². The summed E-state index contributed by atoms with van der Waals surface area (Å²) in [6, 6.07) is 11.8. The molecule has 0 radical (unpaired) electrons. The molecule has 5 rings (SSSR count). The predicted molar refractivity (Wildman–Crippen MR) is 117 cm³/mol. The molecule has 30 heavy (non-hydrogen) atoms. The zero-order valence-electron chi connectivity index (χ0n) is 16.5. The van der Waals surface area contributed by atoms with Gasteiger partial charge >= 0.3 is 0 Å². The van der Waals surface area contributed by atoms with Gasteiger partial charge in [-0.05, 0) is 35.7 Å². The van der Waals surface area contributed by atoms with Crippen LogP contribution in [0, 0.1) is 0 Å². The summed E-state index contributed by atoms with van der Waals surface area (Å²) in [7, 11) is 1.66. The van der Waals surface area contributed by atoms with E-state index < -0.39 is 0 Å². The van der Waals surface area contributed by atoms with Gasteiger partial charge in [0.05, 0.1) is 35.1 Å². The Morgan fingerprint density at radius 3 is 2.87 bits per heavy atom. The molecule has 3 aromatic heterocycles. The summed E-state index contributed by atoms with van der Waals surface area (Å²) in [5, 5.41) is 9.34. The van der Waals surface area contributed by atoms with Gasteiger partial charge in [0.15, 0.2) is 5.82 Å². The van der Waals surface area contributed by atoms with Gasteiger partial charge in [-0.3, -0.25) is 14.8 Å². The van der Waals surface area contributed by atoms with Crippen molar-refractivity contribution < 1.29 is 4.74 Å². The number of nitrogens with zero attached hydrogens (tertiary/aromatic N) is 3. The third kappa shape index (κ3) is 3.55. The van der Waals surface area contributed by atoms with E-state index in [4.69, 9.17) is 9.72 Å². The third-order valence-corrected chi connectivity index (χ3v) is 6.27. The molecule has 0 atom stereocenters. The van der Waals surface area contributed by atoms with E-state index >= 15 is 0 Å². The lowest BCUT2D eigenvalue weighted by Crippen LogP contribution is -2.35. The maximum absolute atomic E-state index is 12.7. The molecule has 0 spiro atoms. The smallest absolute Gasteiger partial charge is 0.255 e. The van der Waals surface area contributed by atoms with Crippen LogP contribution in [0.25, 0.3) is 22.0 Å². The summed E-state index contributed by atoms with van der Waals surface area (Å²) in [4.78, 5) is 23.7. The Kier molecular flexibility index (Phi) is 4.94. The van der Waals surface area contributed by atoms with Crippen molar-refractivity contribution in [1.82, 2.24) is 25.1 Å². The highest BCUT2D eigenvalue weighted by Gasteiger charge is 2.23. The minimum absolute atomic E-state index is 0.0457. The van der Waals surface area contributed by atoms with Crippen LogP contribution in [0.2, 0.25) is 0 Å². The highest BCUT2D eigenvalue weighted by molar-refractivity contribution is 7.13. The molecule has 0 unspecified atom stereocenters. The number of benzene rings is 1. The zero-order chi connectivity index (χ0) is 20.5. The number of aromatic amines is 2. The molecule has 0 amide bonds. The molecule has 2 N–H and O–H groups in total. The molecule has 8 heteroatoms. The zero-order valence-corrected chi connectivity index (χ0v) is 17.3. The number of nitrogens with one attached hydrogen (secondary N) is 2. The first-order valence-electron chi connectivity index (χ1n) is 9.76. The molecule has 152 valence electrons. The average Bonchev–Trinajstić information content (AvgIpc) is 3.46. The summed E-state index contributed by atoms with van der Waals surface area (Å²) in [5.41, 5.74) is 4.76. The first kappa shape index (κ1) is 18.8. The van der Waals surface area contributed by atoms with Gasteiger partial charge in [-0.15, -0.1) is 11.3 Å². The minimum atomic E-state index is -0.0457. The van der Waals surface area contributed by atoms with Gasteiger partial charge in [0.2, 0.25) is 0 Å². The highest BCUT2D eigenvalue weighted by Crippen LogP contribution is 2.27. The number of fused-ring (bicyclic) bond motifs is 1. The fraction of sp³-hybridized carbons (Fsp3) is 0.227. The third-order valence-electron chi connectivity index (χ3n) is 5.39. The number of H-pyrrole nitrogens is 2. The number of hydrogen-bond acceptors (Lipinski definition) is 6. The Bertz CT molecular complexity index is 1210. The SMILES string of the molecule is COc1ccc(-c2[nH]ncc2CN2CCc3nc(-c4cccs4)[nH]c(=O)c3C2)cc1. The summed E-state index contributed by atoms with van der Waals surface area (Å²) in [6.07, 6.45) is 2.62. The Morgan fingerprint density at radius 1 is 1.23 bits per heavy atom. The Labute approximate surface area is 177 Å². The van der Waals surface area contributed by atoms with E-state index in [0.29, 0.717) is 18.9 Å². The molecule has 1 aliphatic heterocycles. The molecule has 0 saturated heterocycles. The lowest BCUT2D eigenvalue weighted by molar-refractivity contribution is 0.242. The van der Waals surface area contributed by atoms with Crippen LogP contribution < -0.4 is 10.3 Å². The van der Waals surface area contributed by atoms with E-state index in [2.05, 4.69) is 20.1 Å². The van der Waals surface area contributed by atoms with E-state index in [0.717, 1.165) is 51.7 Å². The van der Waals surface area contributed by atoms with Crippen LogP contribution >= 0.6 is 11.3 Å². The lowest BCUT2D eigenvalue weighted by atomic mass is 10.0. The van der Waals surface area contributed by atoms with Crippen molar-refractivity contribution in [2.75, 3.05) is 13.7 Å². The summed E-state index contributed by atoms with van der Waals surface area (Å²) < 4.78 is 5.24. The molecule has 4 heterocycles. The second-order valence-electron chi connectivity index (χ2n) is 7.28. The van der Waals surface area contributed by atoms with E-state index in [1.165, 1.54) is 0 Å². The predicted octanol–water partition coefficient (Wildman–Crippen LogP) is 3.46. The standard InChI is InChI=1S/C22H21N5O2S/c1-29-16-6-4-14(5-7-16)20-15(11-23-26-20)12-27-9-8-18-17(13-27)22(28)25-21(24-18)19-3-2-10-30-19/h2-7,10-11H,8-9,12-13H2,1H3,(H,23,26)(H,24,25,28). The first-order valence-corrected chi connectivity index (χ1v) is 10.6. The minimum Gasteiger partial charge on any atom is -0.497 e. The Morgan fingerprint density at radius 2 is 2.10 bits per heavy atom. The van der Waals surface area contributed by atoms with Gasteiger partial charge in [0.25, 0.3) is 5.56 Å². The van der Waals surface area contributed by atoms with Crippen LogP contribution in [0.15, 0.2) is 52.8 Å². The summed E-state index contributed by atoms with van der Waals surface area (Å²) in [5.74, 6) is 1.49. The molecule has 7 nitrogen and oxygen atoms in total. The number of hydrogen-bond donors (Lipinski definition) is 2. The second-order valence-corrected chi connectivity index (χ2v) is 8.22. The van der Waals surface area contributed by atoms with Crippen LogP contribution in [-0.4, -0.2) is 38.7 Å². The fourth-order valence-electron chi connectivity index (χ4n) is 3.83. The molecule has 0 bridgehead atoms. The molecule has 0 aliphatic carbocycles. The van der Waals surface area contributed by atoms with Crippen molar-refractivity contribution in [3.63, 3.8) is 0 Å². The maximum atomic E-state index is 12.7. The van der Waals surface area contributed by atoms with Crippen LogP contribution in [0.5, 0.6) is 5.75 Å². The number of methoxy groups -OCH3 is 1. The van der Waals surface area contributed by atoms with E-state index in [9.17, 15) is 4.79 Å². The second kappa shape index (κ2) is 7.89. The molecule has 0 saturated carbocycles.